The molecule has 0 saturated carbocycles. The number of nitrogens with one attached hydrogen (secondary N) is 2. The summed E-state index contributed by atoms with van der Waals surface area (Å²) in [5, 5.41) is 16.8. The molecule has 2 unspecified atom stereocenters. The number of amides is 3. The van der Waals surface area contributed by atoms with E-state index < -0.39 is 33.4 Å². The second-order valence-electron chi connectivity index (χ2n) is 11.7. The topological polar surface area (TPSA) is 108 Å². The minimum atomic E-state index is -0.846. The normalized spacial score (nSPS) is 27.9. The minimum Gasteiger partial charge on any atom is -0.494 e. The number of anilines is 1. The lowest BCUT2D eigenvalue weighted by Gasteiger charge is -2.37. The molecule has 9 heteroatoms. The molecule has 3 heterocycles. The largest absolute Gasteiger partial charge is 0.494 e. The Hall–Kier alpha value is -3.82. The molecule has 0 aliphatic carbocycles. The molecule has 0 aromatic heterocycles. The SMILES string of the molecule is CCOc1ccc(NC(=O)[C@H]2[C@H]3C(=O)N([C@H](CO)c4ccccc4)C(C(=O)NCc4ccccc4)C34CC[C@]2(C)S4)cc1. The zero-order chi connectivity index (χ0) is 30.2. The summed E-state index contributed by atoms with van der Waals surface area (Å²) in [5.74, 6) is -1.39. The first-order chi connectivity index (χ1) is 20.8. The molecule has 3 amide bonds. The van der Waals surface area contributed by atoms with Crippen LogP contribution in [-0.4, -0.2) is 56.5 Å². The first-order valence-corrected chi connectivity index (χ1v) is 15.7. The van der Waals surface area contributed by atoms with Gasteiger partial charge in [0.25, 0.3) is 0 Å². The Kier molecular flexibility index (Phi) is 7.96. The van der Waals surface area contributed by atoms with Crippen molar-refractivity contribution in [3.05, 3.63) is 96.1 Å². The highest BCUT2D eigenvalue weighted by molar-refractivity contribution is 8.02. The number of carbonyl (C=O) groups excluding carboxylic acids is 3. The second kappa shape index (κ2) is 11.7. The van der Waals surface area contributed by atoms with Crippen molar-refractivity contribution in [1.29, 1.82) is 0 Å². The number of fused-ring (bicyclic) bond motifs is 1. The van der Waals surface area contributed by atoms with Crippen molar-refractivity contribution in [2.75, 3.05) is 18.5 Å². The van der Waals surface area contributed by atoms with E-state index in [1.54, 1.807) is 40.9 Å². The van der Waals surface area contributed by atoms with Crippen molar-refractivity contribution in [2.24, 2.45) is 11.8 Å². The molecule has 3 saturated heterocycles. The van der Waals surface area contributed by atoms with Gasteiger partial charge in [-0.3, -0.25) is 14.4 Å². The number of ether oxygens (including phenoxy) is 1. The van der Waals surface area contributed by atoms with Gasteiger partial charge in [-0.2, -0.15) is 0 Å². The molecule has 3 aromatic carbocycles. The van der Waals surface area contributed by atoms with Crippen molar-refractivity contribution < 1.29 is 24.2 Å². The highest BCUT2D eigenvalue weighted by Gasteiger charge is 2.77. The Labute approximate surface area is 256 Å². The van der Waals surface area contributed by atoms with Crippen LogP contribution in [0.2, 0.25) is 0 Å². The van der Waals surface area contributed by atoms with E-state index in [0.29, 0.717) is 37.4 Å². The third kappa shape index (κ3) is 5.08. The van der Waals surface area contributed by atoms with E-state index in [0.717, 1.165) is 11.1 Å². The third-order valence-corrected chi connectivity index (χ3v) is 11.2. The van der Waals surface area contributed by atoms with Crippen molar-refractivity contribution in [2.45, 2.75) is 54.8 Å². The summed E-state index contributed by atoms with van der Waals surface area (Å²) in [6.45, 7) is 4.48. The van der Waals surface area contributed by atoms with Crippen LogP contribution in [0.5, 0.6) is 5.75 Å². The molecule has 1 spiro atoms. The maximum Gasteiger partial charge on any atom is 0.244 e. The third-order valence-electron chi connectivity index (χ3n) is 9.18. The fourth-order valence-corrected chi connectivity index (χ4v) is 9.67. The van der Waals surface area contributed by atoms with Crippen LogP contribution in [0.25, 0.3) is 0 Å². The lowest BCUT2D eigenvalue weighted by Crippen LogP contribution is -2.54. The smallest absolute Gasteiger partial charge is 0.244 e. The van der Waals surface area contributed by atoms with Gasteiger partial charge < -0.3 is 25.4 Å². The Morgan fingerprint density at radius 2 is 1.67 bits per heavy atom. The molecule has 224 valence electrons. The molecule has 3 aliphatic heterocycles. The predicted molar refractivity (Wildman–Crippen MR) is 166 cm³/mol. The van der Waals surface area contributed by atoms with Crippen LogP contribution in [0.3, 0.4) is 0 Å². The standard InChI is InChI=1S/C34H37N3O5S/c1-3-42-25-16-14-24(15-17-25)36-30(39)27-28-32(41)37(26(21-38)23-12-8-5-9-13-23)29(34(28)19-18-33(27,2)43-34)31(40)35-20-22-10-6-4-7-11-22/h4-17,26-29,38H,3,18-21H2,1-2H3,(H,35,40)(H,36,39)/t26-,27-,28+,29?,33+,34?/m1/s1. The van der Waals surface area contributed by atoms with Gasteiger partial charge in [0.15, 0.2) is 0 Å². The number of aliphatic hydroxyl groups excluding tert-OH is 1. The van der Waals surface area contributed by atoms with E-state index in [9.17, 15) is 19.5 Å². The molecule has 3 fully saturated rings. The molecule has 3 aliphatic rings. The molecule has 6 atom stereocenters. The van der Waals surface area contributed by atoms with Gasteiger partial charge in [-0.15, -0.1) is 11.8 Å². The van der Waals surface area contributed by atoms with Gasteiger partial charge in [-0.1, -0.05) is 60.7 Å². The summed E-state index contributed by atoms with van der Waals surface area (Å²) in [6, 6.07) is 24.6. The number of hydrogen-bond acceptors (Lipinski definition) is 6. The molecular weight excluding hydrogens is 562 g/mol. The number of thioether (sulfide) groups is 1. The second-order valence-corrected chi connectivity index (χ2v) is 13.6. The summed E-state index contributed by atoms with van der Waals surface area (Å²) in [6.07, 6.45) is 1.33. The molecule has 3 aromatic rings. The van der Waals surface area contributed by atoms with Crippen LogP contribution < -0.4 is 15.4 Å². The van der Waals surface area contributed by atoms with Gasteiger partial charge in [0, 0.05) is 17.0 Å². The first-order valence-electron chi connectivity index (χ1n) is 14.8. The minimum absolute atomic E-state index is 0.232. The maximum atomic E-state index is 14.6. The van der Waals surface area contributed by atoms with Gasteiger partial charge in [-0.25, -0.2) is 0 Å². The van der Waals surface area contributed by atoms with Crippen molar-refractivity contribution in [1.82, 2.24) is 10.2 Å². The quantitative estimate of drug-likeness (QED) is 0.316. The number of rotatable bonds is 10. The Morgan fingerprint density at radius 1 is 1.00 bits per heavy atom. The number of nitrogens with zero attached hydrogens (tertiary/aromatic N) is 1. The highest BCUT2D eigenvalue weighted by Crippen LogP contribution is 2.72. The van der Waals surface area contributed by atoms with E-state index in [1.807, 2.05) is 74.5 Å². The average molecular weight is 600 g/mol. The summed E-state index contributed by atoms with van der Waals surface area (Å²) < 4.78 is 4.22. The molecule has 0 radical (unpaired) electrons. The van der Waals surface area contributed by atoms with E-state index in [1.165, 1.54) is 0 Å². The molecule has 3 N–H and O–H groups in total. The van der Waals surface area contributed by atoms with Gasteiger partial charge in [0.1, 0.15) is 11.8 Å². The number of benzene rings is 3. The maximum absolute atomic E-state index is 14.6. The van der Waals surface area contributed by atoms with Gasteiger partial charge in [0.2, 0.25) is 17.7 Å². The van der Waals surface area contributed by atoms with Crippen molar-refractivity contribution in [3.8, 4) is 5.75 Å². The number of hydrogen-bond donors (Lipinski definition) is 3. The van der Waals surface area contributed by atoms with E-state index in [-0.39, 0.29) is 24.3 Å². The molecule has 6 rings (SSSR count). The summed E-state index contributed by atoms with van der Waals surface area (Å²) in [5.41, 5.74) is 2.32. The van der Waals surface area contributed by atoms with Crippen LogP contribution in [0, 0.1) is 11.8 Å². The van der Waals surface area contributed by atoms with Crippen LogP contribution in [0.1, 0.15) is 43.9 Å². The first kappa shape index (κ1) is 29.3. The van der Waals surface area contributed by atoms with Crippen LogP contribution in [0.15, 0.2) is 84.9 Å². The predicted octanol–water partition coefficient (Wildman–Crippen LogP) is 4.56. The zero-order valence-electron chi connectivity index (χ0n) is 24.4. The van der Waals surface area contributed by atoms with E-state index >= 15 is 0 Å². The van der Waals surface area contributed by atoms with Crippen molar-refractivity contribution in [3.63, 3.8) is 0 Å². The lowest BCUT2D eigenvalue weighted by atomic mass is 9.66. The van der Waals surface area contributed by atoms with Gasteiger partial charge in [-0.05, 0) is 62.1 Å². The number of likely N-dealkylation sites (tertiary alicyclic amines) is 1. The van der Waals surface area contributed by atoms with E-state index in [4.69, 9.17) is 4.74 Å². The molecule has 2 bridgehead atoms. The average Bonchev–Trinajstić information content (AvgIpc) is 3.59. The molecule has 43 heavy (non-hydrogen) atoms. The molecule has 8 nitrogen and oxygen atoms in total. The fraction of sp³-hybridized carbons (Fsp3) is 0.382. The van der Waals surface area contributed by atoms with Crippen LogP contribution in [-0.2, 0) is 20.9 Å². The Morgan fingerprint density at radius 3 is 2.33 bits per heavy atom. The fourth-order valence-electron chi connectivity index (χ4n) is 7.33. The number of carbonyl (C=O) groups is 3. The molecular formula is C34H37N3O5S. The Balaban J connectivity index is 1.35. The lowest BCUT2D eigenvalue weighted by molar-refractivity contribution is -0.142. The zero-order valence-corrected chi connectivity index (χ0v) is 25.2. The Bertz CT molecular complexity index is 1490. The number of aliphatic hydroxyl groups is 1. The highest BCUT2D eigenvalue weighted by atomic mass is 32.2. The van der Waals surface area contributed by atoms with Crippen LogP contribution in [0.4, 0.5) is 5.69 Å². The summed E-state index contributed by atoms with van der Waals surface area (Å²) in [7, 11) is 0. The summed E-state index contributed by atoms with van der Waals surface area (Å²) in [4.78, 5) is 44.4. The summed E-state index contributed by atoms with van der Waals surface area (Å²) >= 11 is 1.61. The monoisotopic (exact) mass is 599 g/mol. The van der Waals surface area contributed by atoms with Gasteiger partial charge in [0.05, 0.1) is 35.8 Å². The van der Waals surface area contributed by atoms with E-state index in [2.05, 4.69) is 10.6 Å². The van der Waals surface area contributed by atoms with Crippen LogP contribution >= 0.6 is 11.8 Å². The van der Waals surface area contributed by atoms with Crippen molar-refractivity contribution >= 4 is 35.2 Å². The van der Waals surface area contributed by atoms with Gasteiger partial charge >= 0.3 is 0 Å².